The first-order valence-electron chi connectivity index (χ1n) is 6.57. The Hall–Kier alpha value is -1.92. The third kappa shape index (κ3) is 2.52. The van der Waals surface area contributed by atoms with Gasteiger partial charge in [0.25, 0.3) is 5.91 Å². The van der Waals surface area contributed by atoms with Crippen LogP contribution in [0.15, 0.2) is 29.8 Å². The molecule has 3 rings (SSSR count). The summed E-state index contributed by atoms with van der Waals surface area (Å²) in [7, 11) is 0. The number of fused-ring (bicyclic) bond motifs is 1. The predicted molar refractivity (Wildman–Crippen MR) is 79.5 cm³/mol. The van der Waals surface area contributed by atoms with Crippen molar-refractivity contribution in [1.82, 2.24) is 10.3 Å². The highest BCUT2D eigenvalue weighted by atomic mass is 32.1. The SMILES string of the molecule is NNc1ccnc(C(=O)NC2CCCc3sccc32)c1. The number of nitrogens with zero attached hydrogens (tertiary/aromatic N) is 1. The Kier molecular flexibility index (Phi) is 3.66. The average Bonchev–Trinajstić information content (AvgIpc) is 2.97. The van der Waals surface area contributed by atoms with Crippen LogP contribution in [0.5, 0.6) is 0 Å². The number of hydrogen-bond donors (Lipinski definition) is 3. The van der Waals surface area contributed by atoms with Crippen LogP contribution in [0.4, 0.5) is 5.69 Å². The summed E-state index contributed by atoms with van der Waals surface area (Å²) in [5, 5.41) is 5.16. The van der Waals surface area contributed by atoms with Crippen LogP contribution in [0.3, 0.4) is 0 Å². The van der Waals surface area contributed by atoms with E-state index < -0.39 is 0 Å². The molecule has 2 heterocycles. The second-order valence-electron chi connectivity index (χ2n) is 4.79. The second-order valence-corrected chi connectivity index (χ2v) is 5.79. The Labute approximate surface area is 121 Å². The molecular weight excluding hydrogens is 272 g/mol. The number of hydrogen-bond acceptors (Lipinski definition) is 5. The molecule has 2 aromatic heterocycles. The fourth-order valence-electron chi connectivity index (χ4n) is 2.51. The zero-order valence-electron chi connectivity index (χ0n) is 10.9. The summed E-state index contributed by atoms with van der Waals surface area (Å²) < 4.78 is 0. The highest BCUT2D eigenvalue weighted by molar-refractivity contribution is 7.10. The lowest BCUT2D eigenvalue weighted by Gasteiger charge is -2.23. The van der Waals surface area contributed by atoms with Gasteiger partial charge in [0, 0.05) is 11.1 Å². The first-order valence-corrected chi connectivity index (χ1v) is 7.45. The topological polar surface area (TPSA) is 80.0 Å². The minimum absolute atomic E-state index is 0.0915. The first kappa shape index (κ1) is 13.1. The van der Waals surface area contributed by atoms with E-state index in [1.54, 1.807) is 29.7 Å². The number of aryl methyl sites for hydroxylation is 1. The van der Waals surface area contributed by atoms with Gasteiger partial charge in [-0.25, -0.2) is 0 Å². The van der Waals surface area contributed by atoms with E-state index in [4.69, 9.17) is 5.84 Å². The van der Waals surface area contributed by atoms with Crippen molar-refractivity contribution in [2.45, 2.75) is 25.3 Å². The Morgan fingerprint density at radius 3 is 3.20 bits per heavy atom. The molecule has 5 nitrogen and oxygen atoms in total. The zero-order valence-corrected chi connectivity index (χ0v) is 11.7. The van der Waals surface area contributed by atoms with Gasteiger partial charge in [0.05, 0.1) is 11.7 Å². The van der Waals surface area contributed by atoms with E-state index in [0.717, 1.165) is 19.3 Å². The van der Waals surface area contributed by atoms with Crippen molar-refractivity contribution in [2.75, 3.05) is 5.43 Å². The molecule has 1 aliphatic rings. The Balaban J connectivity index is 1.77. The summed E-state index contributed by atoms with van der Waals surface area (Å²) in [5.74, 6) is 5.18. The highest BCUT2D eigenvalue weighted by Gasteiger charge is 2.23. The van der Waals surface area contributed by atoms with Crippen molar-refractivity contribution in [2.24, 2.45) is 5.84 Å². The molecule has 0 bridgehead atoms. The molecule has 0 radical (unpaired) electrons. The fourth-order valence-corrected chi connectivity index (χ4v) is 3.50. The molecule has 0 fully saturated rings. The van der Waals surface area contributed by atoms with Gasteiger partial charge in [0.2, 0.25) is 0 Å². The molecule has 0 spiro atoms. The lowest BCUT2D eigenvalue weighted by Crippen LogP contribution is -2.31. The number of amides is 1. The number of carbonyl (C=O) groups is 1. The van der Waals surface area contributed by atoms with Gasteiger partial charge in [-0.2, -0.15) is 0 Å². The normalized spacial score (nSPS) is 17.4. The maximum Gasteiger partial charge on any atom is 0.270 e. The smallest absolute Gasteiger partial charge is 0.270 e. The molecular formula is C14H16N4OS. The van der Waals surface area contributed by atoms with Crippen LogP contribution in [0.25, 0.3) is 0 Å². The monoisotopic (exact) mass is 288 g/mol. The standard InChI is InChI=1S/C14H16N4OS/c15-18-9-4-6-16-12(8-9)14(19)17-11-2-1-3-13-10(11)5-7-20-13/h4-8,11H,1-3,15H2,(H,16,18)(H,17,19). The molecule has 1 atom stereocenters. The summed E-state index contributed by atoms with van der Waals surface area (Å²) in [5.41, 5.74) is 4.82. The quantitative estimate of drug-likeness (QED) is 0.597. The molecule has 0 aromatic carbocycles. The van der Waals surface area contributed by atoms with Crippen LogP contribution in [0.2, 0.25) is 0 Å². The van der Waals surface area contributed by atoms with E-state index in [0.29, 0.717) is 11.4 Å². The zero-order chi connectivity index (χ0) is 13.9. The third-order valence-electron chi connectivity index (χ3n) is 3.52. The van der Waals surface area contributed by atoms with E-state index in [1.165, 1.54) is 10.4 Å². The summed E-state index contributed by atoms with van der Waals surface area (Å²) in [6, 6.07) is 5.56. The number of anilines is 1. The summed E-state index contributed by atoms with van der Waals surface area (Å²) in [6.45, 7) is 0. The molecule has 4 N–H and O–H groups in total. The number of aromatic nitrogens is 1. The maximum absolute atomic E-state index is 12.3. The van der Waals surface area contributed by atoms with Gasteiger partial charge in [-0.1, -0.05) is 0 Å². The molecule has 2 aromatic rings. The van der Waals surface area contributed by atoms with Gasteiger partial charge in [0.15, 0.2) is 0 Å². The first-order chi connectivity index (χ1) is 9.78. The molecule has 0 saturated heterocycles. The number of pyridine rings is 1. The largest absolute Gasteiger partial charge is 0.344 e. The molecule has 104 valence electrons. The summed E-state index contributed by atoms with van der Waals surface area (Å²) >= 11 is 1.76. The number of hydrazine groups is 1. The van der Waals surface area contributed by atoms with Crippen LogP contribution in [0.1, 0.15) is 39.8 Å². The minimum Gasteiger partial charge on any atom is -0.344 e. The Bertz CT molecular complexity index is 625. The summed E-state index contributed by atoms with van der Waals surface area (Å²) in [4.78, 5) is 17.7. The van der Waals surface area contributed by atoms with Crippen LogP contribution in [-0.4, -0.2) is 10.9 Å². The molecule has 1 amide bonds. The highest BCUT2D eigenvalue weighted by Crippen LogP contribution is 2.33. The van der Waals surface area contributed by atoms with Gasteiger partial charge >= 0.3 is 0 Å². The van der Waals surface area contributed by atoms with E-state index in [9.17, 15) is 4.79 Å². The van der Waals surface area contributed by atoms with Crippen molar-refractivity contribution in [3.05, 3.63) is 45.9 Å². The lowest BCUT2D eigenvalue weighted by atomic mass is 9.94. The van der Waals surface area contributed by atoms with Gasteiger partial charge in [-0.05, 0) is 48.4 Å². The number of nitrogen functional groups attached to an aromatic ring is 1. The fraction of sp³-hybridized carbons (Fsp3) is 0.286. The van der Waals surface area contributed by atoms with Crippen molar-refractivity contribution >= 4 is 22.9 Å². The van der Waals surface area contributed by atoms with Gasteiger partial charge < -0.3 is 10.7 Å². The van der Waals surface area contributed by atoms with Crippen LogP contribution >= 0.6 is 11.3 Å². The number of nitrogens with two attached hydrogens (primary N) is 1. The van der Waals surface area contributed by atoms with Gasteiger partial charge in [-0.15, -0.1) is 11.3 Å². The summed E-state index contributed by atoms with van der Waals surface area (Å²) in [6.07, 6.45) is 4.77. The van der Waals surface area contributed by atoms with Gasteiger partial charge in [-0.3, -0.25) is 15.6 Å². The van der Waals surface area contributed by atoms with E-state index in [1.807, 2.05) is 0 Å². The minimum atomic E-state index is -0.161. The molecule has 1 unspecified atom stereocenters. The number of thiophene rings is 1. The maximum atomic E-state index is 12.3. The van der Waals surface area contributed by atoms with E-state index in [2.05, 4.69) is 27.2 Å². The van der Waals surface area contributed by atoms with Crippen molar-refractivity contribution in [1.29, 1.82) is 0 Å². The lowest BCUT2D eigenvalue weighted by molar-refractivity contribution is 0.0928. The molecule has 6 heteroatoms. The Morgan fingerprint density at radius 1 is 1.45 bits per heavy atom. The number of nitrogens with one attached hydrogen (secondary N) is 2. The predicted octanol–water partition coefficient (Wildman–Crippen LogP) is 2.24. The van der Waals surface area contributed by atoms with Crippen molar-refractivity contribution in [3.8, 4) is 0 Å². The molecule has 20 heavy (non-hydrogen) atoms. The van der Waals surface area contributed by atoms with Crippen LogP contribution in [0, 0.1) is 0 Å². The van der Waals surface area contributed by atoms with Crippen LogP contribution in [-0.2, 0) is 6.42 Å². The van der Waals surface area contributed by atoms with Crippen molar-refractivity contribution in [3.63, 3.8) is 0 Å². The molecule has 0 saturated carbocycles. The second kappa shape index (κ2) is 5.60. The molecule has 1 aliphatic carbocycles. The average molecular weight is 288 g/mol. The van der Waals surface area contributed by atoms with E-state index in [-0.39, 0.29) is 11.9 Å². The van der Waals surface area contributed by atoms with Gasteiger partial charge in [0.1, 0.15) is 5.69 Å². The number of carbonyl (C=O) groups excluding carboxylic acids is 1. The number of rotatable bonds is 3. The third-order valence-corrected chi connectivity index (χ3v) is 4.51. The van der Waals surface area contributed by atoms with E-state index >= 15 is 0 Å². The van der Waals surface area contributed by atoms with Crippen LogP contribution < -0.4 is 16.6 Å². The Morgan fingerprint density at radius 2 is 2.35 bits per heavy atom. The van der Waals surface area contributed by atoms with Crippen molar-refractivity contribution < 1.29 is 4.79 Å². The molecule has 0 aliphatic heterocycles.